The third-order valence-corrected chi connectivity index (χ3v) is 1.81. The van der Waals surface area contributed by atoms with Gasteiger partial charge in [-0.15, -0.1) is 0 Å². The third kappa shape index (κ3) is 1.03. The third-order valence-electron chi connectivity index (χ3n) is 1.81. The van der Waals surface area contributed by atoms with Gasteiger partial charge in [-0.1, -0.05) is 12.1 Å². The lowest BCUT2D eigenvalue weighted by atomic mass is 10.2. The van der Waals surface area contributed by atoms with Crippen LogP contribution in [0.25, 0.3) is 10.9 Å². The van der Waals surface area contributed by atoms with Gasteiger partial charge in [-0.3, -0.25) is 5.10 Å². The number of H-pyrrole nitrogens is 1. The second-order valence-electron chi connectivity index (χ2n) is 2.65. The van der Waals surface area contributed by atoms with Gasteiger partial charge < -0.3 is 5.32 Å². The van der Waals surface area contributed by atoms with Crippen molar-refractivity contribution in [2.24, 2.45) is 0 Å². The average Bonchev–Trinajstić information content (AvgIpc) is 2.50. The summed E-state index contributed by atoms with van der Waals surface area (Å²) < 4.78 is 0. The maximum atomic E-state index is 4.15. The monoisotopic (exact) mass is 161 g/mol. The second-order valence-corrected chi connectivity index (χ2v) is 2.65. The molecule has 0 spiro atoms. The number of nitrogens with zero attached hydrogens (tertiary/aromatic N) is 1. The van der Waals surface area contributed by atoms with Crippen LogP contribution < -0.4 is 5.32 Å². The second kappa shape index (κ2) is 2.85. The average molecular weight is 161 g/mol. The molecule has 2 N–H and O–H groups in total. The number of nitrogens with one attached hydrogen (secondary N) is 2. The van der Waals surface area contributed by atoms with Crippen molar-refractivity contribution in [2.75, 3.05) is 11.9 Å². The lowest BCUT2D eigenvalue weighted by Crippen LogP contribution is -1.96. The van der Waals surface area contributed by atoms with Gasteiger partial charge in [-0.05, 0) is 19.1 Å². The van der Waals surface area contributed by atoms with Gasteiger partial charge in [0.05, 0.1) is 5.52 Å². The van der Waals surface area contributed by atoms with E-state index in [0.29, 0.717) is 0 Å². The molecule has 0 aliphatic carbocycles. The summed E-state index contributed by atoms with van der Waals surface area (Å²) in [4.78, 5) is 0. The van der Waals surface area contributed by atoms with Crippen molar-refractivity contribution in [3.8, 4) is 0 Å². The van der Waals surface area contributed by atoms with Crippen LogP contribution in [-0.4, -0.2) is 16.7 Å². The molecule has 0 unspecified atom stereocenters. The fraction of sp³-hybridized carbons (Fsp3) is 0.222. The number of anilines is 1. The fourth-order valence-corrected chi connectivity index (χ4v) is 1.27. The van der Waals surface area contributed by atoms with Crippen LogP contribution in [0.1, 0.15) is 6.92 Å². The molecule has 0 aliphatic rings. The first-order chi connectivity index (χ1) is 5.92. The number of hydrogen-bond donors (Lipinski definition) is 2. The van der Waals surface area contributed by atoms with Crippen molar-refractivity contribution in [3.05, 3.63) is 24.3 Å². The molecule has 2 aromatic rings. The number of aromatic amines is 1. The zero-order valence-electron chi connectivity index (χ0n) is 6.96. The summed E-state index contributed by atoms with van der Waals surface area (Å²) in [7, 11) is 0. The van der Waals surface area contributed by atoms with E-state index in [1.165, 1.54) is 0 Å². The van der Waals surface area contributed by atoms with Crippen molar-refractivity contribution >= 4 is 16.7 Å². The van der Waals surface area contributed by atoms with Gasteiger partial charge in [0.1, 0.15) is 0 Å². The molecular formula is C9H11N3. The molecule has 2 rings (SSSR count). The van der Waals surface area contributed by atoms with Gasteiger partial charge in [0, 0.05) is 11.9 Å². The number of fused-ring (bicyclic) bond motifs is 1. The van der Waals surface area contributed by atoms with Crippen LogP contribution in [0, 0.1) is 0 Å². The molecule has 3 heteroatoms. The van der Waals surface area contributed by atoms with Crippen molar-refractivity contribution in [1.82, 2.24) is 10.2 Å². The summed E-state index contributed by atoms with van der Waals surface area (Å²) in [6.45, 7) is 2.96. The maximum Gasteiger partial charge on any atom is 0.155 e. The molecule has 0 saturated carbocycles. The Morgan fingerprint density at radius 3 is 3.08 bits per heavy atom. The van der Waals surface area contributed by atoms with Crippen LogP contribution >= 0.6 is 0 Å². The van der Waals surface area contributed by atoms with Crippen LogP contribution in [0.2, 0.25) is 0 Å². The van der Waals surface area contributed by atoms with Crippen LogP contribution in [0.3, 0.4) is 0 Å². The summed E-state index contributed by atoms with van der Waals surface area (Å²) >= 11 is 0. The van der Waals surface area contributed by atoms with Crippen LogP contribution in [0.15, 0.2) is 24.3 Å². The van der Waals surface area contributed by atoms with Crippen LogP contribution in [0.5, 0.6) is 0 Å². The normalized spacial score (nSPS) is 10.4. The molecule has 1 aromatic carbocycles. The minimum Gasteiger partial charge on any atom is -0.368 e. The molecule has 0 bridgehead atoms. The van der Waals surface area contributed by atoms with Crippen LogP contribution in [-0.2, 0) is 0 Å². The van der Waals surface area contributed by atoms with Gasteiger partial charge in [0.2, 0.25) is 0 Å². The van der Waals surface area contributed by atoms with E-state index >= 15 is 0 Å². The van der Waals surface area contributed by atoms with E-state index in [0.717, 1.165) is 23.3 Å². The highest BCUT2D eigenvalue weighted by atomic mass is 15.2. The predicted molar refractivity (Wildman–Crippen MR) is 50.3 cm³/mol. The smallest absolute Gasteiger partial charge is 0.155 e. The van der Waals surface area contributed by atoms with Gasteiger partial charge in [0.15, 0.2) is 5.82 Å². The quantitative estimate of drug-likeness (QED) is 0.707. The lowest BCUT2D eigenvalue weighted by Gasteiger charge is -1.96. The topological polar surface area (TPSA) is 40.7 Å². The van der Waals surface area contributed by atoms with Gasteiger partial charge >= 0.3 is 0 Å². The first kappa shape index (κ1) is 7.16. The lowest BCUT2D eigenvalue weighted by molar-refractivity contribution is 1.08. The molecule has 12 heavy (non-hydrogen) atoms. The van der Waals surface area contributed by atoms with Crippen molar-refractivity contribution in [2.45, 2.75) is 6.92 Å². The van der Waals surface area contributed by atoms with E-state index in [4.69, 9.17) is 0 Å². The molecule has 3 nitrogen and oxygen atoms in total. The number of aromatic nitrogens is 2. The Bertz CT molecular complexity index is 378. The van der Waals surface area contributed by atoms with Crippen LogP contribution in [0.4, 0.5) is 5.82 Å². The Morgan fingerprint density at radius 2 is 2.25 bits per heavy atom. The molecule has 0 saturated heterocycles. The standard InChI is InChI=1S/C9H11N3/c1-2-10-9-7-5-3-4-6-8(7)11-12-9/h3-6H,2H2,1H3,(H2,10,11,12). The molecule has 0 atom stereocenters. The Kier molecular flexibility index (Phi) is 1.70. The maximum absolute atomic E-state index is 4.15. The molecular weight excluding hydrogens is 150 g/mol. The van der Waals surface area contributed by atoms with E-state index in [-0.39, 0.29) is 0 Å². The largest absolute Gasteiger partial charge is 0.368 e. The number of para-hydroxylation sites is 1. The Morgan fingerprint density at radius 1 is 1.42 bits per heavy atom. The Labute approximate surface area is 70.8 Å². The van der Waals surface area contributed by atoms with E-state index in [2.05, 4.69) is 28.5 Å². The Balaban J connectivity index is 2.55. The van der Waals surface area contributed by atoms with Crippen molar-refractivity contribution in [3.63, 3.8) is 0 Å². The summed E-state index contributed by atoms with van der Waals surface area (Å²) in [5.41, 5.74) is 1.08. The fourth-order valence-electron chi connectivity index (χ4n) is 1.27. The first-order valence-electron chi connectivity index (χ1n) is 4.09. The van der Waals surface area contributed by atoms with Crippen molar-refractivity contribution < 1.29 is 0 Å². The minimum absolute atomic E-state index is 0.898. The highest BCUT2D eigenvalue weighted by molar-refractivity contribution is 5.89. The van der Waals surface area contributed by atoms with E-state index in [1.807, 2.05) is 18.2 Å². The molecule has 0 fully saturated rings. The molecule has 0 radical (unpaired) electrons. The molecule has 0 aliphatic heterocycles. The SMILES string of the molecule is CCNc1n[nH]c2ccccc12. The number of benzene rings is 1. The van der Waals surface area contributed by atoms with E-state index in [1.54, 1.807) is 0 Å². The molecule has 1 aromatic heterocycles. The number of hydrogen-bond acceptors (Lipinski definition) is 2. The van der Waals surface area contributed by atoms with Gasteiger partial charge in [0.25, 0.3) is 0 Å². The molecule has 62 valence electrons. The summed E-state index contributed by atoms with van der Waals surface area (Å²) in [6, 6.07) is 8.08. The highest BCUT2D eigenvalue weighted by Gasteiger charge is 2.01. The van der Waals surface area contributed by atoms with E-state index < -0.39 is 0 Å². The van der Waals surface area contributed by atoms with Crippen molar-refractivity contribution in [1.29, 1.82) is 0 Å². The summed E-state index contributed by atoms with van der Waals surface area (Å²) in [5, 5.41) is 11.4. The molecule has 0 amide bonds. The first-order valence-corrected chi connectivity index (χ1v) is 4.09. The summed E-state index contributed by atoms with van der Waals surface area (Å²) in [5.74, 6) is 0.938. The minimum atomic E-state index is 0.898. The molecule has 1 heterocycles. The zero-order chi connectivity index (χ0) is 8.39. The Hall–Kier alpha value is -1.51. The van der Waals surface area contributed by atoms with Gasteiger partial charge in [-0.2, -0.15) is 5.10 Å². The predicted octanol–water partition coefficient (Wildman–Crippen LogP) is 1.99. The zero-order valence-corrected chi connectivity index (χ0v) is 6.96. The van der Waals surface area contributed by atoms with Gasteiger partial charge in [-0.25, -0.2) is 0 Å². The summed E-state index contributed by atoms with van der Waals surface area (Å²) in [6.07, 6.45) is 0. The number of rotatable bonds is 2. The highest BCUT2D eigenvalue weighted by Crippen LogP contribution is 2.18. The van der Waals surface area contributed by atoms with E-state index in [9.17, 15) is 0 Å².